The fraction of sp³-hybridized carbons (Fsp3) is 0.192. The lowest BCUT2D eigenvalue weighted by molar-refractivity contribution is 0.324. The minimum absolute atomic E-state index is 0.226. The third-order valence-corrected chi connectivity index (χ3v) is 5.91. The molecule has 3 aromatic heterocycles. The molecule has 0 amide bonds. The number of nitrogens with zero attached hydrogens (tertiary/aromatic N) is 4. The maximum atomic E-state index is 13.5. The number of fused-ring (bicyclic) bond motifs is 3. The molecule has 5 rings (SSSR count). The van der Waals surface area contributed by atoms with Crippen LogP contribution in [0.1, 0.15) is 12.6 Å². The van der Waals surface area contributed by atoms with Gasteiger partial charge in [0.2, 0.25) is 5.75 Å². The molecule has 0 aliphatic rings. The summed E-state index contributed by atoms with van der Waals surface area (Å²) in [6, 6.07) is 15.4. The van der Waals surface area contributed by atoms with Crippen LogP contribution in [0, 0.1) is 0 Å². The Kier molecular flexibility index (Phi) is 5.41. The van der Waals surface area contributed by atoms with E-state index in [1.54, 1.807) is 29.0 Å². The Labute approximate surface area is 196 Å². The van der Waals surface area contributed by atoms with E-state index in [0.717, 1.165) is 28.9 Å². The van der Waals surface area contributed by atoms with Crippen molar-refractivity contribution in [2.75, 3.05) is 21.3 Å². The first-order valence-electron chi connectivity index (χ1n) is 10.9. The minimum atomic E-state index is -0.226. The predicted molar refractivity (Wildman–Crippen MR) is 131 cm³/mol. The topological polar surface area (TPSA) is 79.9 Å². The van der Waals surface area contributed by atoms with Crippen molar-refractivity contribution < 1.29 is 14.2 Å². The molecule has 0 N–H and O–H groups in total. The highest BCUT2D eigenvalue weighted by molar-refractivity contribution is 5.86. The standard InChI is InChI=1S/C26H24N4O4/c1-5-19-23(16-9-7-6-8-10-16)25-27-15-18-20(30(25)28-19)11-12-29(26(18)31)17-13-21(32-2)24(34-4)22(14-17)33-3/h6-15H,5H2,1-4H3. The van der Waals surface area contributed by atoms with E-state index in [0.29, 0.717) is 33.8 Å². The van der Waals surface area contributed by atoms with Crippen molar-refractivity contribution in [3.8, 4) is 34.1 Å². The van der Waals surface area contributed by atoms with E-state index in [1.807, 2.05) is 36.4 Å². The van der Waals surface area contributed by atoms with E-state index >= 15 is 0 Å². The van der Waals surface area contributed by atoms with Crippen molar-refractivity contribution in [1.82, 2.24) is 19.2 Å². The Bertz CT molecular complexity index is 1550. The molecule has 0 aliphatic carbocycles. The Morgan fingerprint density at radius 3 is 2.26 bits per heavy atom. The van der Waals surface area contributed by atoms with Gasteiger partial charge in [-0.2, -0.15) is 5.10 Å². The van der Waals surface area contributed by atoms with Crippen LogP contribution in [-0.2, 0) is 6.42 Å². The van der Waals surface area contributed by atoms with Gasteiger partial charge in [-0.3, -0.25) is 9.36 Å². The Morgan fingerprint density at radius 1 is 0.941 bits per heavy atom. The summed E-state index contributed by atoms with van der Waals surface area (Å²) in [6.45, 7) is 2.06. The summed E-state index contributed by atoms with van der Waals surface area (Å²) >= 11 is 0. The van der Waals surface area contributed by atoms with Crippen LogP contribution in [0.4, 0.5) is 0 Å². The van der Waals surface area contributed by atoms with E-state index in [1.165, 1.54) is 25.9 Å². The van der Waals surface area contributed by atoms with Crippen LogP contribution >= 0.6 is 0 Å². The molecule has 172 valence electrons. The fourth-order valence-corrected chi connectivity index (χ4v) is 4.27. The second-order valence-corrected chi connectivity index (χ2v) is 7.71. The third-order valence-electron chi connectivity index (χ3n) is 5.91. The molecular weight excluding hydrogens is 432 g/mol. The van der Waals surface area contributed by atoms with Crippen LogP contribution in [0.2, 0.25) is 0 Å². The number of aromatic nitrogens is 4. The lowest BCUT2D eigenvalue weighted by atomic mass is 10.0. The summed E-state index contributed by atoms with van der Waals surface area (Å²) in [6.07, 6.45) is 4.09. The summed E-state index contributed by atoms with van der Waals surface area (Å²) in [5.74, 6) is 1.39. The van der Waals surface area contributed by atoms with Crippen molar-refractivity contribution >= 4 is 16.6 Å². The largest absolute Gasteiger partial charge is 0.493 e. The Balaban J connectivity index is 1.74. The summed E-state index contributed by atoms with van der Waals surface area (Å²) in [4.78, 5) is 18.2. The first-order valence-corrected chi connectivity index (χ1v) is 10.9. The fourth-order valence-electron chi connectivity index (χ4n) is 4.27. The van der Waals surface area contributed by atoms with Crippen LogP contribution in [0.3, 0.4) is 0 Å². The smallest absolute Gasteiger partial charge is 0.266 e. The Morgan fingerprint density at radius 2 is 1.65 bits per heavy atom. The number of benzene rings is 2. The Hall–Kier alpha value is -4.33. The van der Waals surface area contributed by atoms with Gasteiger partial charge < -0.3 is 14.2 Å². The molecule has 0 saturated carbocycles. The van der Waals surface area contributed by atoms with Gasteiger partial charge >= 0.3 is 0 Å². The molecule has 0 radical (unpaired) electrons. The molecule has 0 atom stereocenters. The van der Waals surface area contributed by atoms with Gasteiger partial charge in [-0.1, -0.05) is 37.3 Å². The molecule has 0 spiro atoms. The monoisotopic (exact) mass is 456 g/mol. The van der Waals surface area contributed by atoms with E-state index in [9.17, 15) is 4.79 Å². The van der Waals surface area contributed by atoms with Crippen LogP contribution in [0.25, 0.3) is 33.4 Å². The van der Waals surface area contributed by atoms with Crippen molar-refractivity contribution in [1.29, 1.82) is 0 Å². The van der Waals surface area contributed by atoms with E-state index in [-0.39, 0.29) is 5.56 Å². The summed E-state index contributed by atoms with van der Waals surface area (Å²) in [5, 5.41) is 5.26. The molecular formula is C26H24N4O4. The number of aryl methyl sites for hydroxylation is 1. The van der Waals surface area contributed by atoms with Crippen LogP contribution in [-0.4, -0.2) is 40.5 Å². The second kappa shape index (κ2) is 8.55. The number of hydrogen-bond donors (Lipinski definition) is 0. The van der Waals surface area contributed by atoms with Crippen molar-refractivity contribution in [3.63, 3.8) is 0 Å². The number of ether oxygens (including phenoxy) is 3. The minimum Gasteiger partial charge on any atom is -0.493 e. The maximum Gasteiger partial charge on any atom is 0.266 e. The first kappa shape index (κ1) is 21.5. The zero-order valence-corrected chi connectivity index (χ0v) is 19.4. The van der Waals surface area contributed by atoms with Crippen molar-refractivity contribution in [3.05, 3.63) is 77.0 Å². The molecule has 3 heterocycles. The van der Waals surface area contributed by atoms with Crippen LogP contribution in [0.5, 0.6) is 17.2 Å². The van der Waals surface area contributed by atoms with Gasteiger partial charge in [0, 0.05) is 30.1 Å². The molecule has 0 bridgehead atoms. The molecule has 0 fully saturated rings. The highest BCUT2D eigenvalue weighted by Crippen LogP contribution is 2.39. The zero-order chi connectivity index (χ0) is 23.8. The van der Waals surface area contributed by atoms with Gasteiger partial charge in [-0.05, 0) is 18.1 Å². The number of methoxy groups -OCH3 is 3. The van der Waals surface area contributed by atoms with Crippen LogP contribution in [0.15, 0.2) is 65.7 Å². The lowest BCUT2D eigenvalue weighted by Crippen LogP contribution is -2.19. The van der Waals surface area contributed by atoms with Gasteiger partial charge in [-0.25, -0.2) is 9.50 Å². The highest BCUT2D eigenvalue weighted by Gasteiger charge is 2.19. The predicted octanol–water partition coefficient (Wildman–Crippen LogP) is 4.29. The molecule has 8 heteroatoms. The quantitative estimate of drug-likeness (QED) is 0.379. The highest BCUT2D eigenvalue weighted by atomic mass is 16.5. The molecule has 34 heavy (non-hydrogen) atoms. The number of hydrogen-bond acceptors (Lipinski definition) is 6. The van der Waals surface area contributed by atoms with Crippen LogP contribution < -0.4 is 19.8 Å². The van der Waals surface area contributed by atoms with Gasteiger partial charge in [0.25, 0.3) is 5.56 Å². The summed E-state index contributed by atoms with van der Waals surface area (Å²) in [7, 11) is 4.62. The summed E-state index contributed by atoms with van der Waals surface area (Å²) < 4.78 is 19.6. The van der Waals surface area contributed by atoms with E-state index in [4.69, 9.17) is 19.3 Å². The molecule has 5 aromatic rings. The average Bonchev–Trinajstić information content (AvgIpc) is 3.27. The average molecular weight is 457 g/mol. The molecule has 2 aromatic carbocycles. The zero-order valence-electron chi connectivity index (χ0n) is 19.4. The van der Waals surface area contributed by atoms with Gasteiger partial charge in [0.1, 0.15) is 0 Å². The summed E-state index contributed by atoms with van der Waals surface area (Å²) in [5.41, 5.74) is 4.74. The normalized spacial score (nSPS) is 11.2. The molecule has 0 aliphatic heterocycles. The number of pyridine rings is 1. The van der Waals surface area contributed by atoms with E-state index < -0.39 is 0 Å². The maximum absolute atomic E-state index is 13.5. The van der Waals surface area contributed by atoms with Crippen molar-refractivity contribution in [2.24, 2.45) is 0 Å². The van der Waals surface area contributed by atoms with Gasteiger partial charge in [0.15, 0.2) is 17.1 Å². The van der Waals surface area contributed by atoms with Gasteiger partial charge in [0.05, 0.1) is 43.6 Å². The number of rotatable bonds is 6. The lowest BCUT2D eigenvalue weighted by Gasteiger charge is -2.15. The third kappa shape index (κ3) is 3.26. The molecule has 8 nitrogen and oxygen atoms in total. The first-order chi connectivity index (χ1) is 16.6. The van der Waals surface area contributed by atoms with Crippen molar-refractivity contribution in [2.45, 2.75) is 13.3 Å². The molecule has 0 unspecified atom stereocenters. The second-order valence-electron chi connectivity index (χ2n) is 7.71. The van der Waals surface area contributed by atoms with Gasteiger partial charge in [-0.15, -0.1) is 0 Å². The SMILES string of the molecule is CCc1nn2c(ncc3c(=O)n(-c4cc(OC)c(OC)c(OC)c4)ccc32)c1-c1ccccc1. The van der Waals surface area contributed by atoms with E-state index in [2.05, 4.69) is 11.9 Å². The molecule has 0 saturated heterocycles.